The van der Waals surface area contributed by atoms with E-state index in [1.807, 2.05) is 0 Å². The van der Waals surface area contributed by atoms with Gasteiger partial charge in [0, 0.05) is 11.9 Å². The smallest absolute Gasteiger partial charge is 0.101 e. The van der Waals surface area contributed by atoms with E-state index >= 15 is 0 Å². The minimum Gasteiger partial charge on any atom is -0.376 e. The normalized spacial score (nSPS) is 30.0. The fourth-order valence-corrected chi connectivity index (χ4v) is 1.94. The number of hydrogen-bond donors (Lipinski definition) is 0. The van der Waals surface area contributed by atoms with Crippen molar-refractivity contribution in [3.63, 3.8) is 0 Å². The number of halogens is 1. The van der Waals surface area contributed by atoms with Crippen molar-refractivity contribution in [1.82, 2.24) is 0 Å². The molecule has 72 valence electrons. The zero-order chi connectivity index (χ0) is 9.03. The summed E-state index contributed by atoms with van der Waals surface area (Å²) in [7, 11) is 0. The molecule has 1 atom stereocenters. The highest BCUT2D eigenvalue weighted by Gasteiger charge is 2.34. The van der Waals surface area contributed by atoms with Crippen molar-refractivity contribution < 1.29 is 9.47 Å². The summed E-state index contributed by atoms with van der Waals surface area (Å²) < 4.78 is 11.2. The Bertz CT molecular complexity index is 130. The van der Waals surface area contributed by atoms with E-state index in [-0.39, 0.29) is 5.60 Å². The molecule has 0 radical (unpaired) electrons. The largest absolute Gasteiger partial charge is 0.376 e. The summed E-state index contributed by atoms with van der Waals surface area (Å²) in [5.74, 6) is 0. The first kappa shape index (κ1) is 10.5. The quantitative estimate of drug-likeness (QED) is 0.699. The van der Waals surface area contributed by atoms with E-state index in [1.165, 1.54) is 0 Å². The molecular formula is C9H17BrO2. The predicted molar refractivity (Wildman–Crippen MR) is 52.8 cm³/mol. The molecule has 1 aliphatic heterocycles. The lowest BCUT2D eigenvalue weighted by Crippen LogP contribution is -2.36. The van der Waals surface area contributed by atoms with Crippen LogP contribution in [0.4, 0.5) is 0 Å². The third-order valence-corrected chi connectivity index (χ3v) is 3.13. The average molecular weight is 237 g/mol. The Kier molecular flexibility index (Phi) is 4.00. The first-order valence-electron chi connectivity index (χ1n) is 4.50. The van der Waals surface area contributed by atoms with E-state index in [2.05, 4.69) is 29.8 Å². The topological polar surface area (TPSA) is 18.5 Å². The molecule has 12 heavy (non-hydrogen) atoms. The molecule has 1 heterocycles. The Labute approximate surface area is 82.7 Å². The molecule has 3 heteroatoms. The number of alkyl halides is 1. The van der Waals surface area contributed by atoms with E-state index in [4.69, 9.17) is 9.47 Å². The molecule has 1 saturated heterocycles. The summed E-state index contributed by atoms with van der Waals surface area (Å²) in [5, 5.41) is 0.882. The van der Waals surface area contributed by atoms with Crippen LogP contribution in [0.1, 0.15) is 26.7 Å². The van der Waals surface area contributed by atoms with Crippen molar-refractivity contribution in [2.45, 2.75) is 38.4 Å². The van der Waals surface area contributed by atoms with Crippen LogP contribution in [-0.4, -0.2) is 30.2 Å². The highest BCUT2D eigenvalue weighted by atomic mass is 79.9. The van der Waals surface area contributed by atoms with Crippen LogP contribution in [0.5, 0.6) is 0 Å². The Balaban J connectivity index is 2.34. The maximum Gasteiger partial charge on any atom is 0.101 e. The standard InChI is InChI=1S/C9H17BrO2/c1-8(2)11-7-9(6-10)4-3-5-12-9/h8H,3-7H2,1-2H3. The summed E-state index contributed by atoms with van der Waals surface area (Å²) in [5.41, 5.74) is -0.0374. The van der Waals surface area contributed by atoms with Gasteiger partial charge in [0.2, 0.25) is 0 Å². The van der Waals surface area contributed by atoms with Gasteiger partial charge >= 0.3 is 0 Å². The third kappa shape index (κ3) is 2.71. The van der Waals surface area contributed by atoms with Crippen molar-refractivity contribution in [3.8, 4) is 0 Å². The van der Waals surface area contributed by atoms with Crippen molar-refractivity contribution >= 4 is 15.9 Å². The van der Waals surface area contributed by atoms with Gasteiger partial charge in [0.25, 0.3) is 0 Å². The van der Waals surface area contributed by atoms with E-state index in [0.717, 1.165) is 31.4 Å². The molecule has 0 aromatic carbocycles. The van der Waals surface area contributed by atoms with Crippen LogP contribution in [0, 0.1) is 0 Å². The minimum absolute atomic E-state index is 0.0374. The number of rotatable bonds is 4. The lowest BCUT2D eigenvalue weighted by Gasteiger charge is -2.26. The molecule has 1 unspecified atom stereocenters. The predicted octanol–water partition coefficient (Wildman–Crippen LogP) is 2.36. The molecule has 1 fully saturated rings. The lowest BCUT2D eigenvalue weighted by atomic mass is 10.0. The van der Waals surface area contributed by atoms with Gasteiger partial charge in [-0.2, -0.15) is 0 Å². The van der Waals surface area contributed by atoms with Crippen molar-refractivity contribution in [2.75, 3.05) is 18.5 Å². The second-order valence-corrected chi connectivity index (χ2v) is 4.19. The van der Waals surface area contributed by atoms with Crippen LogP contribution in [0.25, 0.3) is 0 Å². The summed E-state index contributed by atoms with van der Waals surface area (Å²) in [6.07, 6.45) is 2.57. The third-order valence-electron chi connectivity index (χ3n) is 2.11. The van der Waals surface area contributed by atoms with Crippen molar-refractivity contribution in [1.29, 1.82) is 0 Å². The molecule has 0 spiro atoms. The lowest BCUT2D eigenvalue weighted by molar-refractivity contribution is -0.0637. The maximum atomic E-state index is 5.67. The average Bonchev–Trinajstić information content (AvgIpc) is 2.50. The molecule has 0 aromatic rings. The fourth-order valence-electron chi connectivity index (χ4n) is 1.33. The zero-order valence-electron chi connectivity index (χ0n) is 7.81. The van der Waals surface area contributed by atoms with Gasteiger partial charge in [0.05, 0.1) is 12.7 Å². The maximum absolute atomic E-state index is 5.67. The van der Waals surface area contributed by atoms with E-state index < -0.39 is 0 Å². The number of ether oxygens (including phenoxy) is 2. The molecule has 0 amide bonds. The molecule has 1 rings (SSSR count). The van der Waals surface area contributed by atoms with Crippen LogP contribution in [0.15, 0.2) is 0 Å². The van der Waals surface area contributed by atoms with Crippen LogP contribution < -0.4 is 0 Å². The fraction of sp³-hybridized carbons (Fsp3) is 1.00. The molecular weight excluding hydrogens is 220 g/mol. The Morgan fingerprint density at radius 2 is 2.33 bits per heavy atom. The first-order chi connectivity index (χ1) is 5.68. The second-order valence-electron chi connectivity index (χ2n) is 3.63. The van der Waals surface area contributed by atoms with Gasteiger partial charge < -0.3 is 9.47 Å². The first-order valence-corrected chi connectivity index (χ1v) is 5.62. The zero-order valence-corrected chi connectivity index (χ0v) is 9.39. The van der Waals surface area contributed by atoms with Crippen LogP contribution in [0.2, 0.25) is 0 Å². The molecule has 0 N–H and O–H groups in total. The van der Waals surface area contributed by atoms with Gasteiger partial charge in [-0.15, -0.1) is 0 Å². The van der Waals surface area contributed by atoms with Crippen LogP contribution in [-0.2, 0) is 9.47 Å². The van der Waals surface area contributed by atoms with Gasteiger partial charge in [-0.1, -0.05) is 15.9 Å². The highest BCUT2D eigenvalue weighted by Crippen LogP contribution is 2.28. The van der Waals surface area contributed by atoms with Gasteiger partial charge in [-0.05, 0) is 26.7 Å². The van der Waals surface area contributed by atoms with Gasteiger partial charge in [0.1, 0.15) is 5.60 Å². The number of hydrogen-bond acceptors (Lipinski definition) is 2. The van der Waals surface area contributed by atoms with Crippen molar-refractivity contribution in [2.24, 2.45) is 0 Å². The Morgan fingerprint density at radius 3 is 2.75 bits per heavy atom. The van der Waals surface area contributed by atoms with Crippen LogP contribution in [0.3, 0.4) is 0 Å². The highest BCUT2D eigenvalue weighted by molar-refractivity contribution is 9.09. The monoisotopic (exact) mass is 236 g/mol. The SMILES string of the molecule is CC(C)OCC1(CBr)CCCO1. The molecule has 0 bridgehead atoms. The summed E-state index contributed by atoms with van der Waals surface area (Å²) in [6.45, 7) is 5.71. The van der Waals surface area contributed by atoms with Gasteiger partial charge in [-0.3, -0.25) is 0 Å². The van der Waals surface area contributed by atoms with E-state index in [0.29, 0.717) is 6.10 Å². The Hall–Kier alpha value is 0.400. The molecule has 0 aromatic heterocycles. The molecule has 2 nitrogen and oxygen atoms in total. The Morgan fingerprint density at radius 1 is 1.58 bits per heavy atom. The van der Waals surface area contributed by atoms with Crippen molar-refractivity contribution in [3.05, 3.63) is 0 Å². The summed E-state index contributed by atoms with van der Waals surface area (Å²) in [4.78, 5) is 0. The van der Waals surface area contributed by atoms with E-state index in [9.17, 15) is 0 Å². The minimum atomic E-state index is -0.0374. The van der Waals surface area contributed by atoms with E-state index in [1.54, 1.807) is 0 Å². The van der Waals surface area contributed by atoms with Gasteiger partial charge in [0.15, 0.2) is 0 Å². The van der Waals surface area contributed by atoms with Crippen LogP contribution >= 0.6 is 15.9 Å². The summed E-state index contributed by atoms with van der Waals surface area (Å²) >= 11 is 3.48. The molecule has 0 aliphatic carbocycles. The second kappa shape index (κ2) is 4.58. The molecule has 1 aliphatic rings. The molecule has 0 saturated carbocycles. The van der Waals surface area contributed by atoms with Gasteiger partial charge in [-0.25, -0.2) is 0 Å². The summed E-state index contributed by atoms with van der Waals surface area (Å²) in [6, 6.07) is 0.